The zero-order chi connectivity index (χ0) is 17.5. The molecule has 1 heterocycles. The second kappa shape index (κ2) is 6.45. The molecule has 0 aliphatic heterocycles. The molecule has 1 saturated carbocycles. The van der Waals surface area contributed by atoms with Crippen LogP contribution in [0.15, 0.2) is 10.9 Å². The van der Waals surface area contributed by atoms with Crippen LogP contribution in [0.4, 0.5) is 4.39 Å². The third kappa shape index (κ3) is 3.20. The van der Waals surface area contributed by atoms with Gasteiger partial charge in [-0.25, -0.2) is 4.39 Å². The number of fused-ring (bicyclic) bond motifs is 1. The summed E-state index contributed by atoms with van der Waals surface area (Å²) in [4.78, 5) is 28.0. The molecule has 3 nitrogen and oxygen atoms in total. The summed E-state index contributed by atoms with van der Waals surface area (Å²) in [5, 5.41) is 0. The number of carbonyl (C=O) groups excluding carboxylic acids is 1. The second-order valence-corrected chi connectivity index (χ2v) is 8.24. The lowest BCUT2D eigenvalue weighted by molar-refractivity contribution is -0.120. The maximum atomic E-state index is 13.3. The van der Waals surface area contributed by atoms with Gasteiger partial charge in [0.05, 0.1) is 0 Å². The number of alkyl halides is 1. The van der Waals surface area contributed by atoms with Gasteiger partial charge in [-0.3, -0.25) is 9.59 Å². The molecule has 1 N–H and O–H groups in total. The molecule has 0 amide bonds. The van der Waals surface area contributed by atoms with Crippen LogP contribution in [0.3, 0.4) is 0 Å². The fraction of sp³-hybridized carbons (Fsp3) is 0.700. The van der Waals surface area contributed by atoms with E-state index in [0.717, 1.165) is 36.1 Å². The molecule has 132 valence electrons. The predicted molar refractivity (Wildman–Crippen MR) is 93.3 cm³/mol. The van der Waals surface area contributed by atoms with Crippen LogP contribution >= 0.6 is 0 Å². The van der Waals surface area contributed by atoms with Crippen molar-refractivity contribution in [2.45, 2.75) is 83.2 Å². The highest BCUT2D eigenvalue weighted by atomic mass is 19.1. The maximum Gasteiger partial charge on any atom is 0.251 e. The Morgan fingerprint density at radius 3 is 2.58 bits per heavy atom. The van der Waals surface area contributed by atoms with E-state index in [9.17, 15) is 14.0 Å². The lowest BCUT2D eigenvalue weighted by Gasteiger charge is -2.24. The van der Waals surface area contributed by atoms with Crippen molar-refractivity contribution in [3.8, 4) is 0 Å². The Bertz CT molecular complexity index is 683. The fourth-order valence-corrected chi connectivity index (χ4v) is 4.47. The van der Waals surface area contributed by atoms with E-state index < -0.39 is 6.17 Å². The van der Waals surface area contributed by atoms with E-state index in [1.165, 1.54) is 0 Å². The van der Waals surface area contributed by atoms with Gasteiger partial charge >= 0.3 is 0 Å². The Kier molecular flexibility index (Phi) is 4.67. The molecule has 1 atom stereocenters. The minimum absolute atomic E-state index is 0.0335. The molecule has 0 bridgehead atoms. The monoisotopic (exact) mass is 333 g/mol. The standard InChI is InChI=1S/C20H28FNO2/c1-4-17(23)16-11-20(2,3)18-15(16)10-13(19(24)22-18)9-12-5-7-14(21)8-6-12/h10,12,14,16H,4-9,11H2,1-3H3,(H,22,24). The molecule has 2 aliphatic carbocycles. The number of hydrogen-bond donors (Lipinski definition) is 1. The van der Waals surface area contributed by atoms with Crippen LogP contribution in [0.1, 0.15) is 82.0 Å². The van der Waals surface area contributed by atoms with E-state index in [2.05, 4.69) is 18.8 Å². The summed E-state index contributed by atoms with van der Waals surface area (Å²) in [6.07, 6.45) is 4.22. The minimum atomic E-state index is -0.674. The molecular formula is C20H28FNO2. The zero-order valence-corrected chi connectivity index (χ0v) is 15.0. The Morgan fingerprint density at radius 1 is 1.29 bits per heavy atom. The van der Waals surface area contributed by atoms with Crippen molar-refractivity contribution in [2.75, 3.05) is 0 Å². The molecule has 0 spiro atoms. The first-order valence-corrected chi connectivity index (χ1v) is 9.25. The molecule has 24 heavy (non-hydrogen) atoms. The van der Waals surface area contributed by atoms with E-state index in [0.29, 0.717) is 31.6 Å². The zero-order valence-electron chi connectivity index (χ0n) is 15.0. The van der Waals surface area contributed by atoms with E-state index in [1.807, 2.05) is 13.0 Å². The number of ketones is 1. The Balaban J connectivity index is 1.90. The number of nitrogens with one attached hydrogen (secondary N) is 1. The highest BCUT2D eigenvalue weighted by molar-refractivity contribution is 5.87. The van der Waals surface area contributed by atoms with Crippen LogP contribution in [0, 0.1) is 5.92 Å². The van der Waals surface area contributed by atoms with Crippen LogP contribution in [-0.2, 0) is 16.6 Å². The van der Waals surface area contributed by atoms with E-state index in [1.54, 1.807) is 0 Å². The molecule has 3 rings (SSSR count). The van der Waals surface area contributed by atoms with Crippen LogP contribution < -0.4 is 5.56 Å². The Hall–Kier alpha value is -1.45. The topological polar surface area (TPSA) is 49.9 Å². The van der Waals surface area contributed by atoms with Gasteiger partial charge in [-0.05, 0) is 56.1 Å². The number of aromatic nitrogens is 1. The number of aromatic amines is 1. The third-order valence-corrected chi connectivity index (χ3v) is 5.94. The normalized spacial score (nSPS) is 28.6. The van der Waals surface area contributed by atoms with Crippen molar-refractivity contribution < 1.29 is 9.18 Å². The summed E-state index contributed by atoms with van der Waals surface area (Å²) < 4.78 is 13.3. The first-order chi connectivity index (χ1) is 11.3. The molecule has 1 aromatic rings. The van der Waals surface area contributed by atoms with Gasteiger partial charge in [0.1, 0.15) is 12.0 Å². The smallest absolute Gasteiger partial charge is 0.251 e. The van der Waals surface area contributed by atoms with E-state index in [4.69, 9.17) is 0 Å². The van der Waals surface area contributed by atoms with Crippen LogP contribution in [0.5, 0.6) is 0 Å². The Morgan fingerprint density at radius 2 is 1.96 bits per heavy atom. The predicted octanol–water partition coefficient (Wildman–Crippen LogP) is 4.19. The SMILES string of the molecule is CCC(=O)C1CC(C)(C)c2[nH]c(=O)c(CC3CCC(F)CC3)cc21. The van der Waals surface area contributed by atoms with Gasteiger partial charge in [0.25, 0.3) is 5.56 Å². The number of carbonyl (C=O) groups is 1. The van der Waals surface area contributed by atoms with Gasteiger partial charge in [0.2, 0.25) is 0 Å². The molecule has 4 heteroatoms. The number of halogens is 1. The van der Waals surface area contributed by atoms with Gasteiger partial charge in [-0.1, -0.05) is 20.8 Å². The molecule has 1 unspecified atom stereocenters. The van der Waals surface area contributed by atoms with Gasteiger partial charge in [0.15, 0.2) is 0 Å². The highest BCUT2D eigenvalue weighted by Gasteiger charge is 2.41. The van der Waals surface area contributed by atoms with Gasteiger partial charge < -0.3 is 4.98 Å². The summed E-state index contributed by atoms with van der Waals surface area (Å²) in [5.41, 5.74) is 2.50. The first kappa shape index (κ1) is 17.4. The molecule has 2 aliphatic rings. The maximum absolute atomic E-state index is 13.3. The number of rotatable bonds is 4. The number of hydrogen-bond acceptors (Lipinski definition) is 2. The highest BCUT2D eigenvalue weighted by Crippen LogP contribution is 2.45. The molecule has 0 radical (unpaired) electrons. The molecule has 1 aromatic heterocycles. The summed E-state index contributed by atoms with van der Waals surface area (Å²) in [7, 11) is 0. The van der Waals surface area contributed by atoms with Gasteiger partial charge in [0, 0.05) is 29.0 Å². The van der Waals surface area contributed by atoms with E-state index in [-0.39, 0.29) is 22.7 Å². The van der Waals surface area contributed by atoms with Crippen molar-refractivity contribution in [3.63, 3.8) is 0 Å². The molecule has 0 saturated heterocycles. The van der Waals surface area contributed by atoms with Crippen molar-refractivity contribution in [3.05, 3.63) is 33.2 Å². The summed E-state index contributed by atoms with van der Waals surface area (Å²) in [6.45, 7) is 6.08. The average molecular weight is 333 g/mol. The molecule has 1 fully saturated rings. The third-order valence-electron chi connectivity index (χ3n) is 5.94. The van der Waals surface area contributed by atoms with E-state index >= 15 is 0 Å². The van der Waals surface area contributed by atoms with Crippen LogP contribution in [0.25, 0.3) is 0 Å². The molecular weight excluding hydrogens is 305 g/mol. The number of H-pyrrole nitrogens is 1. The fourth-order valence-electron chi connectivity index (χ4n) is 4.47. The summed E-state index contributed by atoms with van der Waals surface area (Å²) in [5.74, 6) is 0.529. The van der Waals surface area contributed by atoms with Crippen LogP contribution in [0.2, 0.25) is 0 Å². The lowest BCUT2D eigenvalue weighted by Crippen LogP contribution is -2.24. The minimum Gasteiger partial charge on any atom is -0.325 e. The van der Waals surface area contributed by atoms with Crippen molar-refractivity contribution in [1.82, 2.24) is 4.98 Å². The van der Waals surface area contributed by atoms with Gasteiger partial charge in [-0.15, -0.1) is 0 Å². The van der Waals surface area contributed by atoms with Gasteiger partial charge in [-0.2, -0.15) is 0 Å². The Labute approximate surface area is 143 Å². The lowest BCUT2D eigenvalue weighted by atomic mass is 9.83. The first-order valence-electron chi connectivity index (χ1n) is 9.25. The van der Waals surface area contributed by atoms with Crippen molar-refractivity contribution in [1.29, 1.82) is 0 Å². The largest absolute Gasteiger partial charge is 0.325 e. The summed E-state index contributed by atoms with van der Waals surface area (Å²) in [6, 6.07) is 1.97. The quantitative estimate of drug-likeness (QED) is 0.898. The molecule has 0 aromatic carbocycles. The summed E-state index contributed by atoms with van der Waals surface area (Å²) >= 11 is 0. The van der Waals surface area contributed by atoms with Crippen molar-refractivity contribution >= 4 is 5.78 Å². The average Bonchev–Trinajstić information content (AvgIpc) is 2.80. The van der Waals surface area contributed by atoms with Crippen LogP contribution in [-0.4, -0.2) is 16.9 Å². The number of pyridine rings is 1. The number of Topliss-reactive ketones (excluding diaryl/α,β-unsaturated/α-hetero) is 1. The second-order valence-electron chi connectivity index (χ2n) is 8.24. The van der Waals surface area contributed by atoms with Crippen molar-refractivity contribution in [2.24, 2.45) is 5.92 Å².